The van der Waals surface area contributed by atoms with Crippen LogP contribution in [-0.2, 0) is 4.74 Å². The van der Waals surface area contributed by atoms with Crippen molar-refractivity contribution in [2.75, 3.05) is 12.4 Å². The largest absolute Gasteiger partial charge is 0.465 e. The Morgan fingerprint density at radius 2 is 2.28 bits per heavy atom. The highest BCUT2D eigenvalue weighted by molar-refractivity contribution is 6.31. The molecule has 1 aliphatic rings. The lowest BCUT2D eigenvalue weighted by molar-refractivity contribution is 0.0602. The van der Waals surface area contributed by atoms with Crippen LogP contribution in [-0.4, -0.2) is 19.1 Å². The molecule has 1 aliphatic carbocycles. The predicted molar refractivity (Wildman–Crippen MR) is 73.2 cm³/mol. The summed E-state index contributed by atoms with van der Waals surface area (Å²) >= 11 is 5.93. The second-order valence-corrected chi connectivity index (χ2v) is 5.11. The number of methoxy groups -OCH3 is 1. The summed E-state index contributed by atoms with van der Waals surface area (Å²) in [6.07, 6.45) is 3.59. The van der Waals surface area contributed by atoms with Gasteiger partial charge >= 0.3 is 5.97 Å². The molecule has 1 unspecified atom stereocenters. The molecule has 3 nitrogen and oxygen atoms in total. The van der Waals surface area contributed by atoms with Gasteiger partial charge in [0, 0.05) is 16.8 Å². The maximum absolute atomic E-state index is 11.7. The average Bonchev–Trinajstić information content (AvgIpc) is 3.20. The summed E-state index contributed by atoms with van der Waals surface area (Å²) in [6.45, 7) is 2.16. The molecule has 0 aromatic heterocycles. The van der Waals surface area contributed by atoms with E-state index in [2.05, 4.69) is 12.2 Å². The molecule has 1 aromatic rings. The number of esters is 1. The first kappa shape index (κ1) is 13.2. The summed E-state index contributed by atoms with van der Waals surface area (Å²) in [6, 6.07) is 5.71. The molecule has 4 heteroatoms. The molecule has 1 atom stereocenters. The van der Waals surface area contributed by atoms with Crippen molar-refractivity contribution < 1.29 is 9.53 Å². The van der Waals surface area contributed by atoms with Gasteiger partial charge in [-0.1, -0.05) is 18.5 Å². The number of nitrogens with one attached hydrogen (secondary N) is 1. The zero-order valence-corrected chi connectivity index (χ0v) is 11.5. The summed E-state index contributed by atoms with van der Waals surface area (Å²) in [4.78, 5) is 11.7. The highest BCUT2D eigenvalue weighted by atomic mass is 35.5. The van der Waals surface area contributed by atoms with Gasteiger partial charge in [-0.2, -0.15) is 0 Å². The van der Waals surface area contributed by atoms with Crippen molar-refractivity contribution in [2.24, 2.45) is 5.92 Å². The van der Waals surface area contributed by atoms with Gasteiger partial charge < -0.3 is 10.1 Å². The van der Waals surface area contributed by atoms with Crippen molar-refractivity contribution in [3.8, 4) is 0 Å². The molecule has 1 fully saturated rings. The smallest absolute Gasteiger partial charge is 0.340 e. The van der Waals surface area contributed by atoms with Crippen molar-refractivity contribution in [1.29, 1.82) is 0 Å². The first-order valence-electron chi connectivity index (χ1n) is 6.30. The normalized spacial score (nSPS) is 16.2. The summed E-state index contributed by atoms with van der Waals surface area (Å²) in [7, 11) is 1.38. The maximum Gasteiger partial charge on any atom is 0.340 e. The molecular weight excluding hydrogens is 250 g/mol. The first-order chi connectivity index (χ1) is 8.65. The van der Waals surface area contributed by atoms with Crippen LogP contribution in [0.15, 0.2) is 18.2 Å². The zero-order valence-electron chi connectivity index (χ0n) is 10.7. The molecule has 18 heavy (non-hydrogen) atoms. The standard InChI is InChI=1S/C14H18ClNO2/c1-3-12(9-4-5-9)16-13-7-6-10(15)8-11(13)14(17)18-2/h6-9,12,16H,3-5H2,1-2H3. The monoisotopic (exact) mass is 267 g/mol. The van der Waals surface area contributed by atoms with Gasteiger partial charge in [0.2, 0.25) is 0 Å². The quantitative estimate of drug-likeness (QED) is 0.826. The van der Waals surface area contributed by atoms with E-state index in [0.29, 0.717) is 16.6 Å². The number of hydrogen-bond acceptors (Lipinski definition) is 3. The molecule has 0 heterocycles. The van der Waals surface area contributed by atoms with Gasteiger partial charge in [-0.05, 0) is 43.4 Å². The molecule has 0 bridgehead atoms. The van der Waals surface area contributed by atoms with E-state index in [1.165, 1.54) is 20.0 Å². The van der Waals surface area contributed by atoms with Crippen molar-refractivity contribution >= 4 is 23.3 Å². The highest BCUT2D eigenvalue weighted by Crippen LogP contribution is 2.36. The van der Waals surface area contributed by atoms with Gasteiger partial charge in [0.15, 0.2) is 0 Å². The number of carbonyl (C=O) groups excluding carboxylic acids is 1. The second kappa shape index (κ2) is 5.61. The fourth-order valence-corrected chi connectivity index (χ4v) is 2.34. The lowest BCUT2D eigenvalue weighted by Crippen LogP contribution is -2.22. The van der Waals surface area contributed by atoms with Crippen molar-refractivity contribution in [3.63, 3.8) is 0 Å². The van der Waals surface area contributed by atoms with Gasteiger partial charge in [0.25, 0.3) is 0 Å². The minimum Gasteiger partial charge on any atom is -0.465 e. The molecule has 1 N–H and O–H groups in total. The molecule has 0 aliphatic heterocycles. The Morgan fingerprint density at radius 1 is 1.56 bits per heavy atom. The fourth-order valence-electron chi connectivity index (χ4n) is 2.17. The average molecular weight is 268 g/mol. The van der Waals surface area contributed by atoms with E-state index in [0.717, 1.165) is 18.0 Å². The molecule has 98 valence electrons. The van der Waals surface area contributed by atoms with Crippen molar-refractivity contribution in [2.45, 2.75) is 32.2 Å². The number of rotatable bonds is 5. The first-order valence-corrected chi connectivity index (χ1v) is 6.68. The Hall–Kier alpha value is -1.22. The van der Waals surface area contributed by atoms with Gasteiger partial charge in [0.1, 0.15) is 0 Å². The Balaban J connectivity index is 2.22. The topological polar surface area (TPSA) is 38.3 Å². The SMILES string of the molecule is CCC(Nc1ccc(Cl)cc1C(=O)OC)C1CC1. The van der Waals surface area contributed by atoms with E-state index in [4.69, 9.17) is 16.3 Å². The number of anilines is 1. The van der Waals surface area contributed by atoms with Crippen LogP contribution in [0.2, 0.25) is 5.02 Å². The number of hydrogen-bond donors (Lipinski definition) is 1. The number of ether oxygens (including phenoxy) is 1. The third-order valence-electron chi connectivity index (χ3n) is 3.36. The molecule has 0 saturated heterocycles. The summed E-state index contributed by atoms with van der Waals surface area (Å²) in [5.41, 5.74) is 1.31. The second-order valence-electron chi connectivity index (χ2n) is 4.68. The van der Waals surface area contributed by atoms with Crippen LogP contribution in [0.5, 0.6) is 0 Å². The van der Waals surface area contributed by atoms with Gasteiger partial charge in [-0.15, -0.1) is 0 Å². The van der Waals surface area contributed by atoms with E-state index in [1.54, 1.807) is 12.1 Å². The maximum atomic E-state index is 11.7. The molecule has 0 spiro atoms. The van der Waals surface area contributed by atoms with E-state index >= 15 is 0 Å². The van der Waals surface area contributed by atoms with Gasteiger partial charge in [-0.3, -0.25) is 0 Å². The third kappa shape index (κ3) is 2.96. The molecular formula is C14H18ClNO2. The molecule has 1 saturated carbocycles. The van der Waals surface area contributed by atoms with E-state index < -0.39 is 0 Å². The van der Waals surface area contributed by atoms with Crippen LogP contribution in [0.25, 0.3) is 0 Å². The van der Waals surface area contributed by atoms with Crippen molar-refractivity contribution in [1.82, 2.24) is 0 Å². The van der Waals surface area contributed by atoms with E-state index in [-0.39, 0.29) is 5.97 Å². The summed E-state index contributed by atoms with van der Waals surface area (Å²) < 4.78 is 4.79. The molecule has 1 aromatic carbocycles. The third-order valence-corrected chi connectivity index (χ3v) is 3.59. The van der Waals surface area contributed by atoms with Crippen LogP contribution < -0.4 is 5.32 Å². The van der Waals surface area contributed by atoms with Gasteiger partial charge in [-0.25, -0.2) is 4.79 Å². The minimum absolute atomic E-state index is 0.356. The van der Waals surface area contributed by atoms with Crippen LogP contribution in [0, 0.1) is 5.92 Å². The lowest BCUT2D eigenvalue weighted by atomic mass is 10.1. The zero-order chi connectivity index (χ0) is 13.1. The number of carbonyl (C=O) groups is 1. The number of benzene rings is 1. The number of halogens is 1. The van der Waals surface area contributed by atoms with Crippen LogP contribution in [0.4, 0.5) is 5.69 Å². The van der Waals surface area contributed by atoms with Crippen LogP contribution >= 0.6 is 11.6 Å². The molecule has 0 radical (unpaired) electrons. The van der Waals surface area contributed by atoms with E-state index in [1.807, 2.05) is 6.07 Å². The lowest BCUT2D eigenvalue weighted by Gasteiger charge is -2.19. The van der Waals surface area contributed by atoms with Crippen LogP contribution in [0.1, 0.15) is 36.5 Å². The molecule has 0 amide bonds. The summed E-state index contributed by atoms with van der Waals surface area (Å²) in [5.74, 6) is 0.377. The summed E-state index contributed by atoms with van der Waals surface area (Å²) in [5, 5.41) is 3.98. The molecule has 2 rings (SSSR count). The Morgan fingerprint density at radius 3 is 2.83 bits per heavy atom. The Kier molecular flexibility index (Phi) is 4.12. The van der Waals surface area contributed by atoms with Crippen molar-refractivity contribution in [3.05, 3.63) is 28.8 Å². The Bertz CT molecular complexity index is 443. The Labute approximate surface area is 112 Å². The minimum atomic E-state index is -0.356. The highest BCUT2D eigenvalue weighted by Gasteiger charge is 2.30. The van der Waals surface area contributed by atoms with Crippen LogP contribution in [0.3, 0.4) is 0 Å². The van der Waals surface area contributed by atoms with Gasteiger partial charge in [0.05, 0.1) is 12.7 Å². The predicted octanol–water partition coefficient (Wildman–Crippen LogP) is 3.73. The van der Waals surface area contributed by atoms with E-state index in [9.17, 15) is 4.79 Å². The fraction of sp³-hybridized carbons (Fsp3) is 0.500.